The highest BCUT2D eigenvalue weighted by Crippen LogP contribution is 2.45. The van der Waals surface area contributed by atoms with Crippen molar-refractivity contribution in [2.75, 3.05) is 5.32 Å². The normalized spacial score (nSPS) is 14.5. The predicted octanol–water partition coefficient (Wildman–Crippen LogP) is 1.09. The number of amides is 1. The number of hydrogen-bond acceptors (Lipinski definition) is 8. The van der Waals surface area contributed by atoms with E-state index in [-0.39, 0.29) is 28.2 Å². The minimum absolute atomic E-state index is 0.000197. The molecule has 37 heavy (non-hydrogen) atoms. The third kappa shape index (κ3) is 3.97. The van der Waals surface area contributed by atoms with Gasteiger partial charge in [-0.15, -0.1) is 0 Å². The number of imidazole rings is 1. The maximum atomic E-state index is 13.3. The number of nitrogens with one attached hydrogen (secondary N) is 1. The Kier molecular flexibility index (Phi) is 5.49. The molecule has 0 saturated heterocycles. The number of carbonyl (C=O) groups excluding carboxylic acids is 2. The van der Waals surface area contributed by atoms with Gasteiger partial charge in [-0.05, 0) is 25.0 Å². The van der Waals surface area contributed by atoms with Crippen LogP contribution in [-0.2, 0) is 34.9 Å². The molecule has 190 valence electrons. The monoisotopic (exact) mass is 514 g/mol. The Morgan fingerprint density at radius 3 is 2.49 bits per heavy atom. The van der Waals surface area contributed by atoms with E-state index < -0.39 is 41.2 Å². The second kappa shape index (κ2) is 8.46. The summed E-state index contributed by atoms with van der Waals surface area (Å²) >= 11 is 0. The fourth-order valence-electron chi connectivity index (χ4n) is 4.03. The number of nitrogens with zero attached hydrogens (tertiary/aromatic N) is 7. The molecule has 0 atom stereocenters. The molecule has 0 unspecified atom stereocenters. The average Bonchev–Trinajstić information content (AvgIpc) is 3.56. The van der Waals surface area contributed by atoms with Crippen molar-refractivity contribution in [2.24, 2.45) is 7.05 Å². The van der Waals surface area contributed by atoms with Gasteiger partial charge in [-0.1, -0.05) is 6.07 Å². The Hall–Kier alpha value is -4.69. The number of anilines is 1. The van der Waals surface area contributed by atoms with Gasteiger partial charge in [0.15, 0.2) is 11.2 Å². The highest BCUT2D eigenvalue weighted by molar-refractivity contribution is 5.99. The van der Waals surface area contributed by atoms with Crippen LogP contribution in [0.1, 0.15) is 18.7 Å². The van der Waals surface area contributed by atoms with Gasteiger partial charge < -0.3 is 14.7 Å². The zero-order chi connectivity index (χ0) is 26.5. The molecule has 0 aromatic carbocycles. The number of aryl methyl sites for hydroxylation is 1. The third-order valence-electron chi connectivity index (χ3n) is 6.09. The van der Waals surface area contributed by atoms with Crippen molar-refractivity contribution in [3.05, 3.63) is 63.6 Å². The molecule has 0 radical (unpaired) electrons. The first-order chi connectivity index (χ1) is 17.6. The summed E-state index contributed by atoms with van der Waals surface area (Å²) in [6, 6.07) is 4.57. The molecule has 4 aromatic rings. The summed E-state index contributed by atoms with van der Waals surface area (Å²) in [4.78, 5) is 64.8. The molecule has 1 aliphatic rings. The van der Waals surface area contributed by atoms with Crippen molar-refractivity contribution in [1.82, 2.24) is 33.6 Å². The van der Waals surface area contributed by atoms with E-state index >= 15 is 0 Å². The van der Waals surface area contributed by atoms with Crippen molar-refractivity contribution in [1.29, 1.82) is 0 Å². The van der Waals surface area contributed by atoms with Gasteiger partial charge in [0, 0.05) is 25.0 Å². The lowest BCUT2D eigenvalue weighted by Crippen LogP contribution is -2.41. The van der Waals surface area contributed by atoms with Gasteiger partial charge in [0.25, 0.3) is 11.5 Å². The number of halogens is 3. The first kappa shape index (κ1) is 24.0. The summed E-state index contributed by atoms with van der Waals surface area (Å²) in [6.45, 7) is -0.448. The molecule has 5 rings (SSSR count). The number of fused-ring (bicyclic) bond motifs is 1. The molecular formula is C22H17F3N8O4. The number of hydrogen-bond donors (Lipinski definition) is 1. The van der Waals surface area contributed by atoms with Gasteiger partial charge in [0.05, 0.1) is 18.6 Å². The lowest BCUT2D eigenvalue weighted by atomic mass is 10.2. The number of carbonyl (C=O) groups is 2. The molecule has 12 nitrogen and oxygen atoms in total. The van der Waals surface area contributed by atoms with E-state index in [1.54, 1.807) is 6.07 Å². The van der Waals surface area contributed by atoms with Crippen LogP contribution in [-0.4, -0.2) is 45.8 Å². The molecule has 1 N–H and O–H groups in total. The summed E-state index contributed by atoms with van der Waals surface area (Å²) in [5.41, 5.74) is -2.13. The summed E-state index contributed by atoms with van der Waals surface area (Å²) < 4.78 is 41.5. The van der Waals surface area contributed by atoms with Crippen LogP contribution in [0.25, 0.3) is 22.4 Å². The molecule has 4 aromatic heterocycles. The van der Waals surface area contributed by atoms with Gasteiger partial charge in [0.2, 0.25) is 5.82 Å². The van der Waals surface area contributed by atoms with Crippen LogP contribution in [0.15, 0.2) is 46.5 Å². The maximum absolute atomic E-state index is 13.3. The van der Waals surface area contributed by atoms with Crippen LogP contribution >= 0.6 is 0 Å². The number of rotatable bonds is 6. The summed E-state index contributed by atoms with van der Waals surface area (Å²) in [6.07, 6.45) is -0.251. The fourth-order valence-corrected chi connectivity index (χ4v) is 4.03. The molecule has 1 saturated carbocycles. The SMILES string of the molecule is Cn1c(=O)n(CC=O)c(=O)c2c1ncn2C1(C(=O)Nc2cccc(-c3cnc(C(F)(F)F)nc3)n2)CC1. The molecule has 1 aliphatic carbocycles. The Morgan fingerprint density at radius 2 is 1.86 bits per heavy atom. The Bertz CT molecular complexity index is 1670. The molecule has 1 amide bonds. The lowest BCUT2D eigenvalue weighted by molar-refractivity contribution is -0.145. The first-order valence-electron chi connectivity index (χ1n) is 10.9. The smallest absolute Gasteiger partial charge is 0.309 e. The van der Waals surface area contributed by atoms with Crippen LogP contribution in [0, 0.1) is 0 Å². The van der Waals surface area contributed by atoms with Crippen molar-refractivity contribution in [3.63, 3.8) is 0 Å². The standard InChI is InChI=1S/C22H17F3N8O4/c1-31-16-15(17(35)32(7-8-34)20(31)37)33(11-28-16)21(5-6-21)19(36)30-14-4-2-3-13(29-14)12-9-26-18(27-10-12)22(23,24)25/h2-4,8-11H,5-7H2,1H3,(H,29,30,36). The minimum Gasteiger partial charge on any atom is -0.309 e. The summed E-state index contributed by atoms with van der Waals surface area (Å²) in [5, 5.41) is 2.68. The highest BCUT2D eigenvalue weighted by atomic mass is 19.4. The quantitative estimate of drug-likeness (QED) is 0.376. The number of aromatic nitrogens is 7. The van der Waals surface area contributed by atoms with Gasteiger partial charge in [-0.25, -0.2) is 24.7 Å². The van der Waals surface area contributed by atoms with Gasteiger partial charge in [-0.2, -0.15) is 13.2 Å². The lowest BCUT2D eigenvalue weighted by Gasteiger charge is -2.18. The van der Waals surface area contributed by atoms with Gasteiger partial charge in [-0.3, -0.25) is 18.7 Å². The number of pyridine rings is 1. The maximum Gasteiger partial charge on any atom is 0.451 e. The van der Waals surface area contributed by atoms with Gasteiger partial charge in [0.1, 0.15) is 17.6 Å². The van der Waals surface area contributed by atoms with Crippen molar-refractivity contribution >= 4 is 29.2 Å². The first-order valence-corrected chi connectivity index (χ1v) is 10.9. The Labute approximate surface area is 204 Å². The second-order valence-electron chi connectivity index (χ2n) is 8.40. The zero-order valence-corrected chi connectivity index (χ0v) is 19.1. The second-order valence-corrected chi connectivity index (χ2v) is 8.40. The number of aldehydes is 1. The van der Waals surface area contributed by atoms with E-state index in [1.165, 1.54) is 30.1 Å². The van der Waals surface area contributed by atoms with E-state index in [2.05, 4.69) is 25.3 Å². The van der Waals surface area contributed by atoms with Crippen molar-refractivity contribution < 1.29 is 22.8 Å². The van der Waals surface area contributed by atoms with E-state index in [4.69, 9.17) is 0 Å². The van der Waals surface area contributed by atoms with E-state index in [1.807, 2.05) is 0 Å². The van der Waals surface area contributed by atoms with Crippen molar-refractivity contribution in [3.8, 4) is 11.3 Å². The molecule has 4 heterocycles. The molecule has 0 spiro atoms. The molecule has 0 bridgehead atoms. The third-order valence-corrected chi connectivity index (χ3v) is 6.09. The zero-order valence-electron chi connectivity index (χ0n) is 19.1. The van der Waals surface area contributed by atoms with Crippen LogP contribution in [0.3, 0.4) is 0 Å². The minimum atomic E-state index is -4.68. The van der Waals surface area contributed by atoms with Gasteiger partial charge >= 0.3 is 11.9 Å². The molecule has 15 heteroatoms. The van der Waals surface area contributed by atoms with Crippen LogP contribution < -0.4 is 16.6 Å². The number of alkyl halides is 3. The van der Waals surface area contributed by atoms with Crippen molar-refractivity contribution in [2.45, 2.75) is 31.1 Å². The highest BCUT2D eigenvalue weighted by Gasteiger charge is 2.53. The van der Waals surface area contributed by atoms with E-state index in [9.17, 15) is 32.3 Å². The topological polar surface area (TPSA) is 147 Å². The summed E-state index contributed by atoms with van der Waals surface area (Å²) in [7, 11) is 1.41. The van der Waals surface area contributed by atoms with E-state index in [0.29, 0.717) is 19.1 Å². The molecule has 1 fully saturated rings. The van der Waals surface area contributed by atoms with Crippen LogP contribution in [0.2, 0.25) is 0 Å². The Balaban J connectivity index is 1.47. The molecule has 0 aliphatic heterocycles. The average molecular weight is 514 g/mol. The largest absolute Gasteiger partial charge is 0.451 e. The van der Waals surface area contributed by atoms with E-state index in [0.717, 1.165) is 21.5 Å². The van der Waals surface area contributed by atoms with Crippen LogP contribution in [0.5, 0.6) is 0 Å². The summed E-state index contributed by atoms with van der Waals surface area (Å²) in [5.74, 6) is -1.67. The molecular weight excluding hydrogens is 497 g/mol. The van der Waals surface area contributed by atoms with Crippen LogP contribution in [0.4, 0.5) is 19.0 Å². The fraction of sp³-hybridized carbons (Fsp3) is 0.273. The Morgan fingerprint density at radius 1 is 1.16 bits per heavy atom. The predicted molar refractivity (Wildman–Crippen MR) is 121 cm³/mol.